The fraction of sp³-hybridized carbons (Fsp3) is 0.412. The van der Waals surface area contributed by atoms with Crippen molar-refractivity contribution in [1.29, 1.82) is 0 Å². The van der Waals surface area contributed by atoms with Crippen molar-refractivity contribution in [3.63, 3.8) is 0 Å². The van der Waals surface area contributed by atoms with Crippen LogP contribution in [0.4, 0.5) is 0 Å². The molecule has 10 nitrogen and oxygen atoms in total. The molecule has 0 spiro atoms. The fourth-order valence-electron chi connectivity index (χ4n) is 4.19. The molecule has 0 unspecified atom stereocenters. The highest BCUT2D eigenvalue weighted by Crippen LogP contribution is 2.22. The van der Waals surface area contributed by atoms with Crippen LogP contribution in [0.1, 0.15) is 68.6 Å². The van der Waals surface area contributed by atoms with Crippen molar-refractivity contribution in [3.8, 4) is 17.2 Å². The highest BCUT2D eigenvalue weighted by Gasteiger charge is 2.20. The lowest BCUT2D eigenvalue weighted by atomic mass is 9.98. The average molecular weight is 609 g/mol. The molecule has 0 N–H and O–H groups in total. The summed E-state index contributed by atoms with van der Waals surface area (Å²) in [5.74, 6) is -0.566. The van der Waals surface area contributed by atoms with E-state index in [0.717, 1.165) is 32.1 Å². The van der Waals surface area contributed by atoms with Gasteiger partial charge in [0.2, 0.25) is 0 Å². The number of carbonyl (C=O) groups excluding carboxylic acids is 4. The van der Waals surface area contributed by atoms with E-state index < -0.39 is 23.9 Å². The predicted octanol–water partition coefficient (Wildman–Crippen LogP) is 5.93. The van der Waals surface area contributed by atoms with Gasteiger partial charge in [-0.1, -0.05) is 19.6 Å². The van der Waals surface area contributed by atoms with Crippen molar-refractivity contribution in [2.45, 2.75) is 64.4 Å². The second-order valence-corrected chi connectivity index (χ2v) is 10.4. The van der Waals surface area contributed by atoms with Crippen LogP contribution in [-0.2, 0) is 28.6 Å². The molecule has 0 amide bonds. The number of rotatable bonds is 17. The third-order valence-electron chi connectivity index (χ3n) is 6.60. The molecule has 0 radical (unpaired) electrons. The van der Waals surface area contributed by atoms with E-state index in [0.29, 0.717) is 47.8 Å². The molecule has 0 atom stereocenters. The van der Waals surface area contributed by atoms with Crippen molar-refractivity contribution in [1.82, 2.24) is 0 Å². The van der Waals surface area contributed by atoms with E-state index in [1.54, 1.807) is 55.5 Å². The molecule has 1 aliphatic rings. The van der Waals surface area contributed by atoms with E-state index in [1.807, 2.05) is 0 Å². The summed E-state index contributed by atoms with van der Waals surface area (Å²) < 4.78 is 32.2. The summed E-state index contributed by atoms with van der Waals surface area (Å²) in [5, 5.41) is 0. The fourth-order valence-corrected chi connectivity index (χ4v) is 4.19. The first-order valence-electron chi connectivity index (χ1n) is 14.8. The van der Waals surface area contributed by atoms with Gasteiger partial charge in [-0.05, 0) is 94.0 Å². The standard InChI is InChI=1S/C34H40O10/c1-24(2)32(36)42-22-21-40-27-13-11-26(12-14-27)34(38)44-30-17-15-28(16-18-30)39-19-7-8-20-41-33(37)25(3)23-31(35)43-29-9-5-4-6-10-29/h11-18,29H,1,3-10,19-23H2,2H3. The topological polar surface area (TPSA) is 124 Å². The number of hydrogen-bond acceptors (Lipinski definition) is 10. The Morgan fingerprint density at radius 1 is 0.705 bits per heavy atom. The predicted molar refractivity (Wildman–Crippen MR) is 162 cm³/mol. The number of benzene rings is 2. The lowest BCUT2D eigenvalue weighted by molar-refractivity contribution is -0.151. The van der Waals surface area contributed by atoms with E-state index >= 15 is 0 Å². The molecular formula is C34H40O10. The summed E-state index contributed by atoms with van der Waals surface area (Å²) in [7, 11) is 0. The molecule has 0 bridgehead atoms. The maximum Gasteiger partial charge on any atom is 0.343 e. The number of hydrogen-bond donors (Lipinski definition) is 0. The second-order valence-electron chi connectivity index (χ2n) is 10.4. The minimum absolute atomic E-state index is 0.0592. The van der Waals surface area contributed by atoms with Gasteiger partial charge in [0.05, 0.1) is 25.2 Å². The van der Waals surface area contributed by atoms with E-state index in [2.05, 4.69) is 13.2 Å². The Balaban J connectivity index is 1.27. The molecule has 10 heteroatoms. The SMILES string of the molecule is C=C(C)C(=O)OCCOc1ccc(C(=O)Oc2ccc(OCCCCOC(=O)C(=C)CC(=O)OC3CCCCC3)cc2)cc1. The summed E-state index contributed by atoms with van der Waals surface area (Å²) >= 11 is 0. The van der Waals surface area contributed by atoms with Crippen molar-refractivity contribution in [3.05, 3.63) is 78.4 Å². The van der Waals surface area contributed by atoms with Crippen LogP contribution in [0, 0.1) is 0 Å². The van der Waals surface area contributed by atoms with Gasteiger partial charge >= 0.3 is 23.9 Å². The van der Waals surface area contributed by atoms with Gasteiger partial charge in [0.15, 0.2) is 0 Å². The zero-order valence-corrected chi connectivity index (χ0v) is 25.2. The van der Waals surface area contributed by atoms with Crippen molar-refractivity contribution in [2.75, 3.05) is 26.4 Å². The first-order chi connectivity index (χ1) is 21.2. The zero-order chi connectivity index (χ0) is 31.7. The zero-order valence-electron chi connectivity index (χ0n) is 25.2. The molecule has 0 saturated heterocycles. The number of carbonyl (C=O) groups is 4. The maximum absolute atomic E-state index is 12.5. The summed E-state index contributed by atoms with van der Waals surface area (Å²) in [4.78, 5) is 48.0. The maximum atomic E-state index is 12.5. The molecule has 2 aromatic carbocycles. The number of ether oxygens (including phenoxy) is 6. The van der Waals surface area contributed by atoms with Crippen LogP contribution >= 0.6 is 0 Å². The molecule has 1 fully saturated rings. The summed E-state index contributed by atoms with van der Waals surface area (Å²) in [6, 6.07) is 13.0. The Bertz CT molecular complexity index is 1270. The second kappa shape index (κ2) is 18.1. The number of esters is 4. The van der Waals surface area contributed by atoms with Gasteiger partial charge < -0.3 is 28.4 Å². The molecule has 1 saturated carbocycles. The van der Waals surface area contributed by atoms with E-state index in [9.17, 15) is 19.2 Å². The normalized spacial score (nSPS) is 12.8. The van der Waals surface area contributed by atoms with Crippen LogP contribution < -0.4 is 14.2 Å². The molecule has 0 heterocycles. The quantitative estimate of drug-likeness (QED) is 0.0702. The highest BCUT2D eigenvalue weighted by molar-refractivity contribution is 5.93. The smallest absolute Gasteiger partial charge is 0.343 e. The van der Waals surface area contributed by atoms with Crippen LogP contribution in [0.2, 0.25) is 0 Å². The number of unbranched alkanes of at least 4 members (excludes halogenated alkanes) is 1. The lowest BCUT2D eigenvalue weighted by Crippen LogP contribution is -2.22. The molecule has 44 heavy (non-hydrogen) atoms. The van der Waals surface area contributed by atoms with Crippen LogP contribution in [0.5, 0.6) is 17.2 Å². The van der Waals surface area contributed by atoms with E-state index in [4.69, 9.17) is 28.4 Å². The molecular weight excluding hydrogens is 568 g/mol. The largest absolute Gasteiger partial charge is 0.494 e. The first kappa shape index (κ1) is 33.9. The average Bonchev–Trinajstić information content (AvgIpc) is 3.02. The molecule has 0 aliphatic heterocycles. The minimum atomic E-state index is -0.597. The molecule has 0 aromatic heterocycles. The van der Waals surface area contributed by atoms with Gasteiger partial charge in [-0.3, -0.25) is 4.79 Å². The highest BCUT2D eigenvalue weighted by atomic mass is 16.6. The molecule has 2 aromatic rings. The summed E-state index contributed by atoms with van der Waals surface area (Å²) in [5.41, 5.74) is 0.747. The third-order valence-corrected chi connectivity index (χ3v) is 6.60. The van der Waals surface area contributed by atoms with Crippen molar-refractivity contribution < 1.29 is 47.6 Å². The third kappa shape index (κ3) is 12.3. The van der Waals surface area contributed by atoms with Crippen LogP contribution in [-0.4, -0.2) is 56.4 Å². The van der Waals surface area contributed by atoms with Gasteiger partial charge in [0.1, 0.15) is 36.6 Å². The lowest BCUT2D eigenvalue weighted by Gasteiger charge is -2.21. The first-order valence-corrected chi connectivity index (χ1v) is 14.8. The van der Waals surface area contributed by atoms with Gasteiger partial charge in [-0.25, -0.2) is 14.4 Å². The Morgan fingerprint density at radius 2 is 1.27 bits per heavy atom. The van der Waals surface area contributed by atoms with Gasteiger partial charge in [0.25, 0.3) is 0 Å². The van der Waals surface area contributed by atoms with Crippen LogP contribution in [0.25, 0.3) is 0 Å². The Hall–Kier alpha value is -4.60. The molecule has 236 valence electrons. The Kier molecular flexibility index (Phi) is 14.0. The van der Waals surface area contributed by atoms with E-state index in [-0.39, 0.29) is 37.9 Å². The minimum Gasteiger partial charge on any atom is -0.494 e. The van der Waals surface area contributed by atoms with E-state index in [1.165, 1.54) is 0 Å². The van der Waals surface area contributed by atoms with Crippen LogP contribution in [0.15, 0.2) is 72.8 Å². The van der Waals surface area contributed by atoms with Gasteiger partial charge in [-0.15, -0.1) is 0 Å². The summed E-state index contributed by atoms with van der Waals surface area (Å²) in [6.07, 6.45) is 6.01. The monoisotopic (exact) mass is 608 g/mol. The van der Waals surface area contributed by atoms with Crippen molar-refractivity contribution >= 4 is 23.9 Å². The van der Waals surface area contributed by atoms with Crippen molar-refractivity contribution in [2.24, 2.45) is 0 Å². The van der Waals surface area contributed by atoms with Crippen LogP contribution in [0.3, 0.4) is 0 Å². The van der Waals surface area contributed by atoms with Gasteiger partial charge in [0, 0.05) is 11.1 Å². The molecule has 1 aliphatic carbocycles. The molecule has 3 rings (SSSR count). The Morgan fingerprint density at radius 3 is 1.93 bits per heavy atom. The summed E-state index contributed by atoms with van der Waals surface area (Å²) in [6.45, 7) is 9.57. The Labute approximate surface area is 257 Å². The van der Waals surface area contributed by atoms with Gasteiger partial charge in [-0.2, -0.15) is 0 Å².